The van der Waals surface area contributed by atoms with E-state index in [0.717, 1.165) is 5.56 Å². The normalized spacial score (nSPS) is 10.6. The molecule has 0 radical (unpaired) electrons. The van der Waals surface area contributed by atoms with Crippen molar-refractivity contribution in [3.63, 3.8) is 0 Å². The van der Waals surface area contributed by atoms with Crippen LogP contribution in [0.15, 0.2) is 30.3 Å². The second-order valence-electron chi connectivity index (χ2n) is 4.74. The molecule has 0 amide bonds. The van der Waals surface area contributed by atoms with Gasteiger partial charge in [-0.2, -0.15) is 0 Å². The summed E-state index contributed by atoms with van der Waals surface area (Å²) in [7, 11) is 0. The summed E-state index contributed by atoms with van der Waals surface area (Å²) < 4.78 is 27.2. The highest BCUT2D eigenvalue weighted by Gasteiger charge is 2.16. The fourth-order valence-corrected chi connectivity index (χ4v) is 2.05. The molecule has 2 aromatic rings. The minimum atomic E-state index is -0.560. The maximum Gasteiger partial charge on any atom is 0.195 e. The summed E-state index contributed by atoms with van der Waals surface area (Å²) in [6.07, 6.45) is 0. The van der Waals surface area contributed by atoms with Crippen LogP contribution in [0.25, 0.3) is 0 Å². The van der Waals surface area contributed by atoms with E-state index in [1.165, 1.54) is 24.3 Å². The Balaban J connectivity index is 2.53. The van der Waals surface area contributed by atoms with Crippen molar-refractivity contribution >= 4 is 5.78 Å². The molecule has 1 nitrogen and oxygen atoms in total. The van der Waals surface area contributed by atoms with Gasteiger partial charge in [-0.25, -0.2) is 8.78 Å². The number of hydrogen-bond donors (Lipinski definition) is 0. The van der Waals surface area contributed by atoms with E-state index in [9.17, 15) is 13.6 Å². The first-order valence-corrected chi connectivity index (χ1v) is 5.97. The zero-order valence-corrected chi connectivity index (χ0v) is 11.1. The van der Waals surface area contributed by atoms with Crippen LogP contribution in [-0.2, 0) is 0 Å². The minimum absolute atomic E-state index is 0.0189. The van der Waals surface area contributed by atoms with Gasteiger partial charge in [-0.1, -0.05) is 11.6 Å². The van der Waals surface area contributed by atoms with Crippen LogP contribution in [0.3, 0.4) is 0 Å². The predicted octanol–water partition coefficient (Wildman–Crippen LogP) is 4.12. The molecule has 0 aromatic heterocycles. The summed E-state index contributed by atoms with van der Waals surface area (Å²) >= 11 is 0. The van der Waals surface area contributed by atoms with Gasteiger partial charge in [0.2, 0.25) is 0 Å². The van der Waals surface area contributed by atoms with Crippen LogP contribution in [0.5, 0.6) is 0 Å². The summed E-state index contributed by atoms with van der Waals surface area (Å²) in [5.41, 5.74) is 1.90. The van der Waals surface area contributed by atoms with E-state index in [1.807, 2.05) is 0 Å². The summed E-state index contributed by atoms with van der Waals surface area (Å²) in [5, 5.41) is 0. The Morgan fingerprint density at radius 2 is 1.53 bits per heavy atom. The molecule has 3 heteroatoms. The molecule has 0 aliphatic heterocycles. The lowest BCUT2D eigenvalue weighted by Gasteiger charge is -2.07. The quantitative estimate of drug-likeness (QED) is 0.742. The summed E-state index contributed by atoms with van der Waals surface area (Å²) in [5.74, 6) is -1.32. The van der Waals surface area contributed by atoms with Gasteiger partial charge in [0.15, 0.2) is 5.78 Å². The van der Waals surface area contributed by atoms with Crippen molar-refractivity contribution < 1.29 is 13.6 Å². The summed E-state index contributed by atoms with van der Waals surface area (Å²) in [6, 6.07) is 7.28. The molecule has 19 heavy (non-hydrogen) atoms. The molecule has 0 aliphatic rings. The van der Waals surface area contributed by atoms with Gasteiger partial charge in [0.1, 0.15) is 11.6 Å². The third-order valence-corrected chi connectivity index (χ3v) is 3.07. The first-order valence-electron chi connectivity index (χ1n) is 5.97. The summed E-state index contributed by atoms with van der Waals surface area (Å²) in [4.78, 5) is 12.3. The van der Waals surface area contributed by atoms with Gasteiger partial charge in [0.25, 0.3) is 0 Å². The van der Waals surface area contributed by atoms with Crippen LogP contribution in [0.1, 0.15) is 32.6 Å². The minimum Gasteiger partial charge on any atom is -0.288 e. The standard InChI is InChI=1S/C16H14F2O/c1-9-4-5-14(17)13(6-9)16(19)12-7-10(2)15(18)11(3)8-12/h4-8H,1-3H3. The number of halogens is 2. The van der Waals surface area contributed by atoms with Gasteiger partial charge in [-0.3, -0.25) is 4.79 Å². The number of rotatable bonds is 2. The van der Waals surface area contributed by atoms with Crippen LogP contribution < -0.4 is 0 Å². The molecule has 2 rings (SSSR count). The van der Waals surface area contributed by atoms with E-state index in [1.54, 1.807) is 26.8 Å². The Hall–Kier alpha value is -2.03. The molecule has 0 fully saturated rings. The number of ketones is 1. The smallest absolute Gasteiger partial charge is 0.195 e. The summed E-state index contributed by atoms with van der Waals surface area (Å²) in [6.45, 7) is 4.97. The van der Waals surface area contributed by atoms with Gasteiger partial charge >= 0.3 is 0 Å². The lowest BCUT2D eigenvalue weighted by atomic mass is 9.97. The third kappa shape index (κ3) is 2.55. The number of hydrogen-bond acceptors (Lipinski definition) is 1. The van der Waals surface area contributed by atoms with Crippen molar-refractivity contribution in [3.8, 4) is 0 Å². The third-order valence-electron chi connectivity index (χ3n) is 3.07. The molecular weight excluding hydrogens is 246 g/mol. The number of benzene rings is 2. The van der Waals surface area contributed by atoms with Crippen LogP contribution in [0.2, 0.25) is 0 Å². The van der Waals surface area contributed by atoms with E-state index in [4.69, 9.17) is 0 Å². The van der Waals surface area contributed by atoms with Crippen molar-refractivity contribution in [3.05, 3.63) is 69.8 Å². The van der Waals surface area contributed by atoms with Crippen molar-refractivity contribution in [2.45, 2.75) is 20.8 Å². The second kappa shape index (κ2) is 4.92. The second-order valence-corrected chi connectivity index (χ2v) is 4.74. The molecule has 0 N–H and O–H groups in total. The molecule has 2 aromatic carbocycles. The van der Waals surface area contributed by atoms with Crippen LogP contribution >= 0.6 is 0 Å². The number of aryl methyl sites for hydroxylation is 3. The van der Waals surface area contributed by atoms with Crippen LogP contribution in [0.4, 0.5) is 8.78 Å². The Bertz CT molecular complexity index is 637. The van der Waals surface area contributed by atoms with E-state index in [2.05, 4.69) is 0 Å². The molecule has 0 unspecified atom stereocenters. The van der Waals surface area contributed by atoms with Crippen LogP contribution in [-0.4, -0.2) is 5.78 Å². The molecule has 0 saturated heterocycles. The Kier molecular flexibility index (Phi) is 3.47. The number of carbonyl (C=O) groups excluding carboxylic acids is 1. The van der Waals surface area contributed by atoms with Crippen molar-refractivity contribution in [1.82, 2.24) is 0 Å². The molecule has 0 bridgehead atoms. The molecule has 0 atom stereocenters. The Morgan fingerprint density at radius 1 is 0.947 bits per heavy atom. The van der Waals surface area contributed by atoms with E-state index in [-0.39, 0.29) is 11.4 Å². The van der Waals surface area contributed by atoms with E-state index in [0.29, 0.717) is 16.7 Å². The lowest BCUT2D eigenvalue weighted by molar-refractivity contribution is 0.103. The van der Waals surface area contributed by atoms with Crippen LogP contribution in [0, 0.1) is 32.4 Å². The molecular formula is C16H14F2O. The molecule has 0 saturated carbocycles. The van der Waals surface area contributed by atoms with Gasteiger partial charge in [0, 0.05) is 5.56 Å². The molecule has 0 spiro atoms. The Labute approximate surface area is 110 Å². The van der Waals surface area contributed by atoms with Gasteiger partial charge in [0.05, 0.1) is 5.56 Å². The maximum absolute atomic E-state index is 13.7. The van der Waals surface area contributed by atoms with Gasteiger partial charge < -0.3 is 0 Å². The number of carbonyl (C=O) groups is 1. The zero-order valence-electron chi connectivity index (χ0n) is 11.1. The average Bonchev–Trinajstić information content (AvgIpc) is 2.37. The van der Waals surface area contributed by atoms with Crippen molar-refractivity contribution in [1.29, 1.82) is 0 Å². The average molecular weight is 260 g/mol. The molecule has 0 aliphatic carbocycles. The maximum atomic E-state index is 13.7. The predicted molar refractivity (Wildman–Crippen MR) is 70.4 cm³/mol. The molecule has 98 valence electrons. The fourth-order valence-electron chi connectivity index (χ4n) is 2.05. The van der Waals surface area contributed by atoms with Crippen molar-refractivity contribution in [2.24, 2.45) is 0 Å². The zero-order chi connectivity index (χ0) is 14.2. The lowest BCUT2D eigenvalue weighted by Crippen LogP contribution is -2.06. The fraction of sp³-hybridized carbons (Fsp3) is 0.188. The highest BCUT2D eigenvalue weighted by molar-refractivity contribution is 6.09. The SMILES string of the molecule is Cc1ccc(F)c(C(=O)c2cc(C)c(F)c(C)c2)c1. The highest BCUT2D eigenvalue weighted by Crippen LogP contribution is 2.20. The van der Waals surface area contributed by atoms with E-state index < -0.39 is 11.6 Å². The topological polar surface area (TPSA) is 17.1 Å². The van der Waals surface area contributed by atoms with Gasteiger partial charge in [-0.15, -0.1) is 0 Å². The Morgan fingerprint density at radius 3 is 2.11 bits per heavy atom. The first-order chi connectivity index (χ1) is 8.90. The highest BCUT2D eigenvalue weighted by atomic mass is 19.1. The monoisotopic (exact) mass is 260 g/mol. The first kappa shape index (κ1) is 13.4. The van der Waals surface area contributed by atoms with Gasteiger partial charge in [-0.05, 0) is 56.2 Å². The van der Waals surface area contributed by atoms with E-state index >= 15 is 0 Å². The molecule has 0 heterocycles. The van der Waals surface area contributed by atoms with Crippen molar-refractivity contribution in [2.75, 3.05) is 0 Å². The largest absolute Gasteiger partial charge is 0.288 e.